The minimum atomic E-state index is -3.64. The molecule has 0 spiro atoms. The van der Waals surface area contributed by atoms with Crippen LogP contribution in [0.1, 0.15) is 24.8 Å². The largest absolute Gasteiger partial charge is 0.494 e. The molecule has 4 nitrogen and oxygen atoms in total. The van der Waals surface area contributed by atoms with Crippen molar-refractivity contribution in [3.63, 3.8) is 0 Å². The van der Waals surface area contributed by atoms with Crippen molar-refractivity contribution in [2.45, 2.75) is 37.1 Å². The molecule has 6 heteroatoms. The summed E-state index contributed by atoms with van der Waals surface area (Å²) in [6.07, 6.45) is 2.78. The average molecular weight is 287 g/mol. The second-order valence-electron chi connectivity index (χ2n) is 4.81. The molecule has 0 atom stereocenters. The fourth-order valence-corrected chi connectivity index (χ4v) is 3.81. The quantitative estimate of drug-likeness (QED) is 0.853. The molecular formula is C13H18FNO3S. The first-order chi connectivity index (χ1) is 8.89. The predicted octanol–water partition coefficient (Wildman–Crippen LogP) is 2.32. The lowest BCUT2D eigenvalue weighted by atomic mass is 9.94. The summed E-state index contributed by atoms with van der Waals surface area (Å²) < 4.78 is 45.1. The number of sulfonamides is 1. The van der Waals surface area contributed by atoms with Crippen LogP contribution in [0, 0.1) is 12.7 Å². The van der Waals surface area contributed by atoms with E-state index in [-0.39, 0.29) is 22.3 Å². The minimum Gasteiger partial charge on any atom is -0.494 e. The molecule has 0 bridgehead atoms. The lowest BCUT2D eigenvalue weighted by Gasteiger charge is -2.34. The Morgan fingerprint density at radius 1 is 1.37 bits per heavy atom. The molecule has 1 fully saturated rings. The maximum atomic E-state index is 13.9. The van der Waals surface area contributed by atoms with Crippen molar-refractivity contribution in [1.29, 1.82) is 0 Å². The highest BCUT2D eigenvalue weighted by Gasteiger charge is 2.33. The molecule has 1 aliphatic rings. The second kappa shape index (κ2) is 5.09. The SMILES string of the molecule is COc1ccc(S(=O)(=O)N(C)C2CCC2)c(C)c1F. The van der Waals surface area contributed by atoms with Crippen LogP contribution in [0.15, 0.2) is 17.0 Å². The number of hydrogen-bond acceptors (Lipinski definition) is 3. The third-order valence-corrected chi connectivity index (χ3v) is 5.82. The standard InChI is InChI=1S/C13H18FNO3S/c1-9-12(8-7-11(18-3)13(9)14)19(16,17)15(2)10-5-4-6-10/h7-8,10H,4-6H2,1-3H3. The highest BCUT2D eigenvalue weighted by molar-refractivity contribution is 7.89. The molecule has 0 heterocycles. The molecule has 2 rings (SSSR count). The van der Waals surface area contributed by atoms with Gasteiger partial charge in [0.15, 0.2) is 11.6 Å². The number of methoxy groups -OCH3 is 1. The topological polar surface area (TPSA) is 46.6 Å². The van der Waals surface area contributed by atoms with E-state index in [9.17, 15) is 12.8 Å². The summed E-state index contributed by atoms with van der Waals surface area (Å²) in [5, 5.41) is 0. The van der Waals surface area contributed by atoms with Gasteiger partial charge in [0.05, 0.1) is 12.0 Å². The van der Waals surface area contributed by atoms with E-state index in [1.165, 1.54) is 30.5 Å². The maximum absolute atomic E-state index is 13.9. The summed E-state index contributed by atoms with van der Waals surface area (Å²) >= 11 is 0. The van der Waals surface area contributed by atoms with Crippen LogP contribution in [0.4, 0.5) is 4.39 Å². The van der Waals surface area contributed by atoms with Gasteiger partial charge < -0.3 is 4.74 Å². The van der Waals surface area contributed by atoms with Crippen molar-refractivity contribution in [1.82, 2.24) is 4.31 Å². The van der Waals surface area contributed by atoms with Crippen molar-refractivity contribution < 1.29 is 17.5 Å². The van der Waals surface area contributed by atoms with Crippen LogP contribution in [-0.4, -0.2) is 32.9 Å². The molecule has 0 amide bonds. The summed E-state index contributed by atoms with van der Waals surface area (Å²) in [7, 11) is -0.729. The molecule has 0 N–H and O–H groups in total. The van der Waals surface area contributed by atoms with Gasteiger partial charge in [-0.1, -0.05) is 6.42 Å². The Labute approximate surface area is 113 Å². The Morgan fingerprint density at radius 3 is 2.47 bits per heavy atom. The number of rotatable bonds is 4. The van der Waals surface area contributed by atoms with Crippen LogP contribution in [0.25, 0.3) is 0 Å². The summed E-state index contributed by atoms with van der Waals surface area (Å²) in [4.78, 5) is 0.0141. The van der Waals surface area contributed by atoms with E-state index in [2.05, 4.69) is 0 Å². The van der Waals surface area contributed by atoms with Gasteiger partial charge in [-0.15, -0.1) is 0 Å². The van der Waals surface area contributed by atoms with Crippen molar-refractivity contribution in [2.24, 2.45) is 0 Å². The summed E-state index contributed by atoms with van der Waals surface area (Å²) in [5.74, 6) is -0.562. The van der Waals surface area contributed by atoms with Gasteiger partial charge in [-0.2, -0.15) is 4.31 Å². The molecule has 1 saturated carbocycles. The molecule has 1 aliphatic carbocycles. The van der Waals surface area contributed by atoms with E-state index < -0.39 is 15.8 Å². The second-order valence-corrected chi connectivity index (χ2v) is 6.78. The number of ether oxygens (including phenoxy) is 1. The van der Waals surface area contributed by atoms with Gasteiger partial charge in [0.1, 0.15) is 0 Å². The highest BCUT2D eigenvalue weighted by atomic mass is 32.2. The van der Waals surface area contributed by atoms with Crippen LogP contribution < -0.4 is 4.74 Å². The number of hydrogen-bond donors (Lipinski definition) is 0. The van der Waals surface area contributed by atoms with Gasteiger partial charge in [0.25, 0.3) is 0 Å². The van der Waals surface area contributed by atoms with Gasteiger partial charge in [-0.05, 0) is 31.9 Å². The molecule has 19 heavy (non-hydrogen) atoms. The van der Waals surface area contributed by atoms with E-state index >= 15 is 0 Å². The molecule has 106 valence electrons. The molecule has 0 radical (unpaired) electrons. The third-order valence-electron chi connectivity index (χ3n) is 3.77. The van der Waals surface area contributed by atoms with Gasteiger partial charge in [0.2, 0.25) is 10.0 Å². The Hall–Kier alpha value is -1.14. The number of halogens is 1. The Kier molecular flexibility index (Phi) is 3.82. The summed E-state index contributed by atoms with van der Waals surface area (Å²) in [6, 6.07) is 2.79. The van der Waals surface area contributed by atoms with Crippen LogP contribution >= 0.6 is 0 Å². The van der Waals surface area contributed by atoms with E-state index in [1.807, 2.05) is 0 Å². The summed E-state index contributed by atoms with van der Waals surface area (Å²) in [6.45, 7) is 1.46. The summed E-state index contributed by atoms with van der Waals surface area (Å²) in [5.41, 5.74) is 0.102. The number of benzene rings is 1. The monoisotopic (exact) mass is 287 g/mol. The first-order valence-corrected chi connectivity index (χ1v) is 7.64. The third kappa shape index (κ3) is 2.34. The normalized spacial score (nSPS) is 16.5. The van der Waals surface area contributed by atoms with Crippen LogP contribution in [0.3, 0.4) is 0 Å². The van der Waals surface area contributed by atoms with E-state index in [4.69, 9.17) is 4.74 Å². The van der Waals surface area contributed by atoms with Crippen molar-refractivity contribution in [3.8, 4) is 5.75 Å². The Bertz CT molecular complexity index is 582. The molecule has 0 unspecified atom stereocenters. The molecular weight excluding hydrogens is 269 g/mol. The lowest BCUT2D eigenvalue weighted by molar-refractivity contribution is 0.249. The fourth-order valence-electron chi connectivity index (χ4n) is 2.18. The van der Waals surface area contributed by atoms with Gasteiger partial charge >= 0.3 is 0 Å². The van der Waals surface area contributed by atoms with Crippen LogP contribution in [0.2, 0.25) is 0 Å². The zero-order chi connectivity index (χ0) is 14.2. The zero-order valence-corrected chi connectivity index (χ0v) is 12.1. The van der Waals surface area contributed by atoms with E-state index in [1.54, 1.807) is 7.05 Å². The first kappa shape index (κ1) is 14.3. The Balaban J connectivity index is 2.43. The Morgan fingerprint density at radius 2 is 2.00 bits per heavy atom. The number of nitrogens with zero attached hydrogens (tertiary/aromatic N) is 1. The van der Waals surface area contributed by atoms with E-state index in [0.29, 0.717) is 0 Å². The average Bonchev–Trinajstić information content (AvgIpc) is 2.30. The molecule has 0 saturated heterocycles. The smallest absolute Gasteiger partial charge is 0.243 e. The van der Waals surface area contributed by atoms with Crippen molar-refractivity contribution >= 4 is 10.0 Å². The lowest BCUT2D eigenvalue weighted by Crippen LogP contribution is -2.41. The van der Waals surface area contributed by atoms with Gasteiger partial charge in [-0.25, -0.2) is 12.8 Å². The fraction of sp³-hybridized carbons (Fsp3) is 0.538. The van der Waals surface area contributed by atoms with E-state index in [0.717, 1.165) is 19.3 Å². The molecule has 1 aromatic carbocycles. The highest BCUT2D eigenvalue weighted by Crippen LogP contribution is 2.32. The molecule has 1 aromatic rings. The first-order valence-electron chi connectivity index (χ1n) is 6.20. The zero-order valence-electron chi connectivity index (χ0n) is 11.3. The maximum Gasteiger partial charge on any atom is 0.243 e. The predicted molar refractivity (Wildman–Crippen MR) is 70.3 cm³/mol. The van der Waals surface area contributed by atoms with Crippen molar-refractivity contribution in [3.05, 3.63) is 23.5 Å². The van der Waals surface area contributed by atoms with Crippen molar-refractivity contribution in [2.75, 3.05) is 14.2 Å². The van der Waals surface area contributed by atoms with Gasteiger partial charge in [0, 0.05) is 18.7 Å². The molecule has 0 aromatic heterocycles. The van der Waals surface area contributed by atoms with Gasteiger partial charge in [-0.3, -0.25) is 0 Å². The minimum absolute atomic E-state index is 0.0141. The van der Waals surface area contributed by atoms with Crippen LogP contribution in [0.5, 0.6) is 5.75 Å². The van der Waals surface area contributed by atoms with Crippen LogP contribution in [-0.2, 0) is 10.0 Å². The molecule has 0 aliphatic heterocycles.